The van der Waals surface area contributed by atoms with E-state index in [0.717, 1.165) is 19.3 Å². The SMILES string of the molecule is C[C@H]1C[C@H](NC(=O)NCC2(C#N)CCC2)c2ccsc2S1(=O)=O. The molecule has 0 spiro atoms. The van der Waals surface area contributed by atoms with E-state index in [2.05, 4.69) is 16.7 Å². The van der Waals surface area contributed by atoms with E-state index >= 15 is 0 Å². The summed E-state index contributed by atoms with van der Waals surface area (Å²) in [6.07, 6.45) is 3.02. The van der Waals surface area contributed by atoms with Crippen LogP contribution in [0.3, 0.4) is 0 Å². The maximum atomic E-state index is 12.3. The van der Waals surface area contributed by atoms with Crippen molar-refractivity contribution in [3.8, 4) is 6.07 Å². The van der Waals surface area contributed by atoms with Gasteiger partial charge in [-0.1, -0.05) is 6.42 Å². The summed E-state index contributed by atoms with van der Waals surface area (Å²) in [5, 5.41) is 16.0. The van der Waals surface area contributed by atoms with Crippen molar-refractivity contribution in [1.29, 1.82) is 5.26 Å². The first-order valence-electron chi connectivity index (χ1n) is 7.65. The molecule has 23 heavy (non-hydrogen) atoms. The molecule has 0 saturated heterocycles. The molecule has 2 N–H and O–H groups in total. The number of amides is 2. The number of sulfone groups is 1. The molecule has 2 heterocycles. The van der Waals surface area contributed by atoms with E-state index in [4.69, 9.17) is 0 Å². The lowest BCUT2D eigenvalue weighted by molar-refractivity contribution is 0.197. The van der Waals surface area contributed by atoms with Crippen molar-refractivity contribution in [2.45, 2.75) is 48.1 Å². The van der Waals surface area contributed by atoms with E-state index in [-0.39, 0.29) is 12.1 Å². The van der Waals surface area contributed by atoms with Crippen molar-refractivity contribution in [2.24, 2.45) is 5.41 Å². The van der Waals surface area contributed by atoms with Crippen LogP contribution >= 0.6 is 11.3 Å². The zero-order valence-corrected chi connectivity index (χ0v) is 14.5. The van der Waals surface area contributed by atoms with Crippen molar-refractivity contribution in [2.75, 3.05) is 6.54 Å². The number of hydrogen-bond donors (Lipinski definition) is 2. The fourth-order valence-electron chi connectivity index (χ4n) is 3.09. The van der Waals surface area contributed by atoms with E-state index in [1.54, 1.807) is 18.4 Å². The number of carbonyl (C=O) groups excluding carboxylic acids is 1. The van der Waals surface area contributed by atoms with E-state index in [1.165, 1.54) is 11.3 Å². The van der Waals surface area contributed by atoms with Gasteiger partial charge < -0.3 is 10.6 Å². The van der Waals surface area contributed by atoms with E-state index < -0.39 is 20.5 Å². The van der Waals surface area contributed by atoms with Crippen LogP contribution in [-0.4, -0.2) is 26.2 Å². The van der Waals surface area contributed by atoms with Gasteiger partial charge >= 0.3 is 6.03 Å². The number of carbonyl (C=O) groups is 1. The van der Waals surface area contributed by atoms with Gasteiger partial charge in [0, 0.05) is 12.1 Å². The average molecular weight is 353 g/mol. The number of thiophene rings is 1. The molecule has 2 amide bonds. The largest absolute Gasteiger partial charge is 0.337 e. The fourth-order valence-corrected chi connectivity index (χ4v) is 6.32. The third-order valence-electron chi connectivity index (χ3n) is 4.83. The topological polar surface area (TPSA) is 99.1 Å². The summed E-state index contributed by atoms with van der Waals surface area (Å²) in [5.41, 5.74) is 0.246. The van der Waals surface area contributed by atoms with Gasteiger partial charge in [0.2, 0.25) is 0 Å². The number of hydrogen-bond acceptors (Lipinski definition) is 5. The first-order chi connectivity index (χ1) is 10.9. The molecule has 2 aliphatic rings. The molecule has 2 atom stereocenters. The lowest BCUT2D eigenvalue weighted by Crippen LogP contribution is -2.47. The van der Waals surface area contributed by atoms with Crippen molar-refractivity contribution in [3.05, 3.63) is 17.0 Å². The summed E-state index contributed by atoms with van der Waals surface area (Å²) >= 11 is 1.20. The first kappa shape index (κ1) is 16.3. The minimum Gasteiger partial charge on any atom is -0.337 e. The van der Waals surface area contributed by atoms with Crippen molar-refractivity contribution in [1.82, 2.24) is 10.6 Å². The molecular formula is C15H19N3O3S2. The molecule has 1 aliphatic carbocycles. The Balaban J connectivity index is 1.67. The third-order valence-corrected chi connectivity index (χ3v) is 8.54. The smallest absolute Gasteiger partial charge is 0.315 e. The highest BCUT2D eigenvalue weighted by Gasteiger charge is 2.39. The molecule has 1 fully saturated rings. The molecule has 0 bridgehead atoms. The second-order valence-electron chi connectivity index (χ2n) is 6.38. The highest BCUT2D eigenvalue weighted by molar-refractivity contribution is 7.94. The Morgan fingerprint density at radius 3 is 2.87 bits per heavy atom. The maximum Gasteiger partial charge on any atom is 0.315 e. The van der Waals surface area contributed by atoms with Gasteiger partial charge in [0.1, 0.15) is 4.21 Å². The van der Waals surface area contributed by atoms with Crippen molar-refractivity contribution >= 4 is 27.2 Å². The summed E-state index contributed by atoms with van der Waals surface area (Å²) < 4.78 is 24.9. The first-order valence-corrected chi connectivity index (χ1v) is 10.1. The van der Waals surface area contributed by atoms with E-state index in [0.29, 0.717) is 22.7 Å². The van der Waals surface area contributed by atoms with Crippen LogP contribution in [0.25, 0.3) is 0 Å². The summed E-state index contributed by atoms with van der Waals surface area (Å²) in [4.78, 5) is 12.1. The molecule has 1 aliphatic heterocycles. The molecule has 0 radical (unpaired) electrons. The zero-order valence-electron chi connectivity index (χ0n) is 12.8. The Kier molecular flexibility index (Phi) is 4.10. The molecule has 0 unspecified atom stereocenters. The monoisotopic (exact) mass is 353 g/mol. The number of nitriles is 1. The van der Waals surface area contributed by atoms with Crippen molar-refractivity contribution in [3.63, 3.8) is 0 Å². The fraction of sp³-hybridized carbons (Fsp3) is 0.600. The number of urea groups is 1. The quantitative estimate of drug-likeness (QED) is 0.871. The Hall–Kier alpha value is -1.59. The Bertz CT molecular complexity index is 759. The van der Waals surface area contributed by atoms with Crippen LogP contribution < -0.4 is 10.6 Å². The number of nitrogens with one attached hydrogen (secondary N) is 2. The predicted molar refractivity (Wildman–Crippen MR) is 86.8 cm³/mol. The van der Waals surface area contributed by atoms with Gasteiger partial charge in [-0.15, -0.1) is 11.3 Å². The normalized spacial score (nSPS) is 27.1. The molecular weight excluding hydrogens is 334 g/mol. The van der Waals surface area contributed by atoms with Crippen LogP contribution in [0.2, 0.25) is 0 Å². The molecule has 1 saturated carbocycles. The van der Waals surface area contributed by atoms with Gasteiger partial charge in [-0.05, 0) is 37.6 Å². The van der Waals surface area contributed by atoms with E-state index in [1.807, 2.05) is 0 Å². The van der Waals surface area contributed by atoms with Gasteiger partial charge in [-0.3, -0.25) is 0 Å². The van der Waals surface area contributed by atoms with Gasteiger partial charge in [-0.2, -0.15) is 5.26 Å². The van der Waals surface area contributed by atoms with Crippen LogP contribution in [0.1, 0.15) is 44.2 Å². The standard InChI is InChI=1S/C15H19N3O3S2/c1-10-7-12(11-3-6-22-13(11)23(10,20)21)18-14(19)17-9-15(8-16)4-2-5-15/h3,6,10,12H,2,4-5,7,9H2,1H3,(H2,17,18,19)/t10-,12-/m0/s1. The minimum atomic E-state index is -3.28. The molecule has 0 aromatic carbocycles. The molecule has 124 valence electrons. The molecule has 1 aromatic heterocycles. The van der Waals surface area contributed by atoms with Gasteiger partial charge in [-0.25, -0.2) is 13.2 Å². The van der Waals surface area contributed by atoms with Crippen LogP contribution in [0.15, 0.2) is 15.7 Å². The average Bonchev–Trinajstić information content (AvgIpc) is 2.95. The van der Waals surface area contributed by atoms with Crippen LogP contribution in [-0.2, 0) is 9.84 Å². The number of rotatable bonds is 3. The Morgan fingerprint density at radius 1 is 1.52 bits per heavy atom. The highest BCUT2D eigenvalue weighted by Crippen LogP contribution is 2.40. The number of fused-ring (bicyclic) bond motifs is 1. The lowest BCUT2D eigenvalue weighted by Gasteiger charge is -2.35. The molecule has 6 nitrogen and oxygen atoms in total. The second kappa shape index (κ2) is 5.80. The van der Waals surface area contributed by atoms with E-state index in [9.17, 15) is 18.5 Å². The third kappa shape index (κ3) is 2.83. The van der Waals surface area contributed by atoms with Gasteiger partial charge in [0.25, 0.3) is 0 Å². The summed E-state index contributed by atoms with van der Waals surface area (Å²) in [5.74, 6) is 0. The number of nitrogens with zero attached hydrogens (tertiary/aromatic N) is 1. The highest BCUT2D eigenvalue weighted by atomic mass is 32.2. The lowest BCUT2D eigenvalue weighted by atomic mass is 9.70. The Morgan fingerprint density at radius 2 is 2.26 bits per heavy atom. The van der Waals surface area contributed by atoms with Crippen LogP contribution in [0, 0.1) is 16.7 Å². The molecule has 8 heteroatoms. The van der Waals surface area contributed by atoms with Gasteiger partial charge in [0.05, 0.1) is 22.8 Å². The second-order valence-corrected chi connectivity index (χ2v) is 9.86. The summed E-state index contributed by atoms with van der Waals surface area (Å²) in [6.45, 7) is 2.01. The summed E-state index contributed by atoms with van der Waals surface area (Å²) in [6, 6.07) is 3.39. The zero-order chi connectivity index (χ0) is 16.7. The van der Waals surface area contributed by atoms with Gasteiger partial charge in [0.15, 0.2) is 9.84 Å². The van der Waals surface area contributed by atoms with Crippen LogP contribution in [0.4, 0.5) is 4.79 Å². The Labute approximate surface area is 139 Å². The summed E-state index contributed by atoms with van der Waals surface area (Å²) in [7, 11) is -3.28. The molecule has 3 rings (SSSR count). The maximum absolute atomic E-state index is 12.3. The van der Waals surface area contributed by atoms with Crippen LogP contribution in [0.5, 0.6) is 0 Å². The van der Waals surface area contributed by atoms with Crippen molar-refractivity contribution < 1.29 is 13.2 Å². The molecule has 1 aromatic rings. The predicted octanol–water partition coefficient (Wildman–Crippen LogP) is 2.35. The minimum absolute atomic E-state index is 0.311.